The first-order chi connectivity index (χ1) is 10.5. The Morgan fingerprint density at radius 2 is 2.05 bits per heavy atom. The fourth-order valence-corrected chi connectivity index (χ4v) is 3.19. The second kappa shape index (κ2) is 9.57. The molecule has 1 aromatic rings. The Morgan fingerprint density at radius 3 is 2.64 bits per heavy atom. The molecule has 0 aliphatic carbocycles. The summed E-state index contributed by atoms with van der Waals surface area (Å²) in [5.74, 6) is -0.105. The first-order valence-electron chi connectivity index (χ1n) is 7.66. The molecule has 2 N–H and O–H groups in total. The average molecular weight is 323 g/mol. The summed E-state index contributed by atoms with van der Waals surface area (Å²) in [4.78, 5) is 15.3. The molecular formula is C16H25N3O2S. The molecule has 1 aromatic heterocycles. The normalized spacial score (nSPS) is 10.7. The molecule has 22 heavy (non-hydrogen) atoms. The second-order valence-corrected chi connectivity index (χ2v) is 6.58. The highest BCUT2D eigenvalue weighted by Gasteiger charge is 2.16. The van der Waals surface area contributed by atoms with Gasteiger partial charge in [0.05, 0.1) is 12.1 Å². The van der Waals surface area contributed by atoms with E-state index in [2.05, 4.69) is 23.2 Å². The Labute approximate surface area is 136 Å². The Morgan fingerprint density at radius 1 is 1.36 bits per heavy atom. The Hall–Kier alpha value is -1.42. The summed E-state index contributed by atoms with van der Waals surface area (Å²) in [6, 6.07) is 2.16. The average Bonchev–Trinajstić information content (AvgIpc) is 2.75. The van der Waals surface area contributed by atoms with Crippen molar-refractivity contribution >= 4 is 22.2 Å². The fraction of sp³-hybridized carbons (Fsp3) is 0.625. The topological polar surface area (TPSA) is 76.4 Å². The van der Waals surface area contributed by atoms with Crippen LogP contribution in [-0.4, -0.2) is 42.2 Å². The second-order valence-electron chi connectivity index (χ2n) is 5.35. The zero-order chi connectivity index (χ0) is 16.5. The minimum Gasteiger partial charge on any atom is -0.396 e. The van der Waals surface area contributed by atoms with Crippen molar-refractivity contribution in [3.05, 3.63) is 16.0 Å². The zero-order valence-electron chi connectivity index (χ0n) is 13.6. The number of hydrogen-bond donors (Lipinski definition) is 2. The van der Waals surface area contributed by atoms with E-state index in [0.29, 0.717) is 30.1 Å². The highest BCUT2D eigenvalue weighted by Crippen LogP contribution is 2.31. The molecule has 0 atom stereocenters. The molecule has 6 heteroatoms. The van der Waals surface area contributed by atoms with Gasteiger partial charge in [0.1, 0.15) is 11.1 Å². The number of aryl methyl sites for hydroxylation is 1. The Balaban J connectivity index is 2.66. The van der Waals surface area contributed by atoms with Crippen LogP contribution in [0.4, 0.5) is 5.00 Å². The summed E-state index contributed by atoms with van der Waals surface area (Å²) in [7, 11) is 0. The van der Waals surface area contributed by atoms with Gasteiger partial charge in [0.2, 0.25) is 5.91 Å². The van der Waals surface area contributed by atoms with Gasteiger partial charge in [-0.05, 0) is 38.8 Å². The quantitative estimate of drug-likeness (QED) is 0.732. The highest BCUT2D eigenvalue weighted by atomic mass is 32.1. The first kappa shape index (κ1) is 18.6. The third kappa shape index (κ3) is 5.41. The summed E-state index contributed by atoms with van der Waals surface area (Å²) in [5.41, 5.74) is 1.50. The number of amides is 1. The molecule has 0 radical (unpaired) electrons. The number of rotatable bonds is 9. The number of carbonyl (C=O) groups is 1. The third-order valence-corrected chi connectivity index (χ3v) is 4.70. The summed E-state index contributed by atoms with van der Waals surface area (Å²) < 4.78 is 0. The van der Waals surface area contributed by atoms with Gasteiger partial charge >= 0.3 is 0 Å². The lowest BCUT2D eigenvalue weighted by molar-refractivity contribution is -0.117. The molecule has 1 rings (SSSR count). The minimum atomic E-state index is -0.105. The molecule has 0 aliphatic rings. The van der Waals surface area contributed by atoms with E-state index in [0.717, 1.165) is 29.8 Å². The van der Waals surface area contributed by atoms with Crippen molar-refractivity contribution in [2.24, 2.45) is 0 Å². The van der Waals surface area contributed by atoms with Crippen molar-refractivity contribution in [2.45, 2.75) is 40.0 Å². The van der Waals surface area contributed by atoms with Crippen LogP contribution in [0.1, 0.15) is 42.2 Å². The molecule has 1 amide bonds. The van der Waals surface area contributed by atoms with E-state index < -0.39 is 0 Å². The number of aliphatic hydroxyl groups excluding tert-OH is 1. The van der Waals surface area contributed by atoms with Gasteiger partial charge in [0.15, 0.2) is 0 Å². The maximum atomic E-state index is 12.2. The van der Waals surface area contributed by atoms with Crippen molar-refractivity contribution in [2.75, 3.05) is 31.6 Å². The molecule has 0 saturated carbocycles. The van der Waals surface area contributed by atoms with Crippen molar-refractivity contribution in [1.82, 2.24) is 4.90 Å². The number of thiophene rings is 1. The van der Waals surface area contributed by atoms with E-state index in [-0.39, 0.29) is 12.5 Å². The number of unbranched alkanes of at least 4 members (excludes halogenated alkanes) is 1. The number of hydrogen-bond acceptors (Lipinski definition) is 5. The van der Waals surface area contributed by atoms with E-state index in [1.165, 1.54) is 11.3 Å². The summed E-state index contributed by atoms with van der Waals surface area (Å²) in [5, 5.41) is 21.7. The molecule has 0 aliphatic heterocycles. The lowest BCUT2D eigenvalue weighted by atomic mass is 10.2. The predicted molar refractivity (Wildman–Crippen MR) is 90.2 cm³/mol. The van der Waals surface area contributed by atoms with Gasteiger partial charge in [-0.3, -0.25) is 9.69 Å². The van der Waals surface area contributed by atoms with E-state index in [9.17, 15) is 10.1 Å². The molecule has 0 saturated heterocycles. The van der Waals surface area contributed by atoms with Crippen molar-refractivity contribution in [1.29, 1.82) is 5.26 Å². The van der Waals surface area contributed by atoms with Crippen LogP contribution in [-0.2, 0) is 4.79 Å². The van der Waals surface area contributed by atoms with Crippen molar-refractivity contribution in [3.8, 4) is 6.07 Å². The molecule has 0 bridgehead atoms. The highest BCUT2D eigenvalue weighted by molar-refractivity contribution is 7.16. The fourth-order valence-electron chi connectivity index (χ4n) is 2.16. The molecule has 122 valence electrons. The number of nitrogens with one attached hydrogen (secondary N) is 1. The largest absolute Gasteiger partial charge is 0.396 e. The Kier molecular flexibility index (Phi) is 8.10. The molecule has 0 fully saturated rings. The minimum absolute atomic E-state index is 0.105. The zero-order valence-corrected chi connectivity index (χ0v) is 14.4. The van der Waals surface area contributed by atoms with Crippen LogP contribution in [0, 0.1) is 25.2 Å². The summed E-state index contributed by atoms with van der Waals surface area (Å²) in [6.07, 6.45) is 2.76. The van der Waals surface area contributed by atoms with Gasteiger partial charge in [0, 0.05) is 18.0 Å². The van der Waals surface area contributed by atoms with Gasteiger partial charge in [-0.25, -0.2) is 0 Å². The van der Waals surface area contributed by atoms with E-state index in [4.69, 9.17) is 5.11 Å². The smallest absolute Gasteiger partial charge is 0.239 e. The van der Waals surface area contributed by atoms with E-state index in [1.54, 1.807) is 0 Å². The van der Waals surface area contributed by atoms with Crippen molar-refractivity contribution in [3.63, 3.8) is 0 Å². The summed E-state index contributed by atoms with van der Waals surface area (Å²) in [6.45, 7) is 7.93. The number of anilines is 1. The Bertz CT molecular complexity index is 526. The maximum absolute atomic E-state index is 12.2. The maximum Gasteiger partial charge on any atom is 0.239 e. The molecule has 1 heterocycles. The monoisotopic (exact) mass is 323 g/mol. The standard InChI is InChI=1S/C16H25N3O2S/c1-4-5-7-19(8-6-9-20)11-15(21)18-16-14(10-17)12(2)13(3)22-16/h20H,4-9,11H2,1-3H3,(H,18,21). The lowest BCUT2D eigenvalue weighted by Crippen LogP contribution is -2.35. The van der Waals surface area contributed by atoms with Crippen LogP contribution in [0.3, 0.4) is 0 Å². The van der Waals surface area contributed by atoms with Gasteiger partial charge in [-0.1, -0.05) is 13.3 Å². The lowest BCUT2D eigenvalue weighted by Gasteiger charge is -2.20. The number of aliphatic hydroxyl groups is 1. The molecule has 0 spiro atoms. The number of nitrogens with zero attached hydrogens (tertiary/aromatic N) is 2. The van der Waals surface area contributed by atoms with E-state index in [1.807, 2.05) is 13.8 Å². The molecule has 0 unspecified atom stereocenters. The van der Waals surface area contributed by atoms with Crippen LogP contribution < -0.4 is 5.32 Å². The van der Waals surface area contributed by atoms with Gasteiger partial charge in [-0.2, -0.15) is 5.26 Å². The molecule has 0 aromatic carbocycles. The molecular weight excluding hydrogens is 298 g/mol. The van der Waals surface area contributed by atoms with Crippen LogP contribution in [0.15, 0.2) is 0 Å². The van der Waals surface area contributed by atoms with Gasteiger partial charge in [-0.15, -0.1) is 11.3 Å². The number of carbonyl (C=O) groups excluding carboxylic acids is 1. The number of nitriles is 1. The van der Waals surface area contributed by atoms with Crippen molar-refractivity contribution < 1.29 is 9.90 Å². The molecule has 5 nitrogen and oxygen atoms in total. The van der Waals surface area contributed by atoms with E-state index >= 15 is 0 Å². The first-order valence-corrected chi connectivity index (χ1v) is 8.48. The van der Waals surface area contributed by atoms with Gasteiger partial charge in [0.25, 0.3) is 0 Å². The predicted octanol–water partition coefficient (Wildman–Crippen LogP) is 2.66. The van der Waals surface area contributed by atoms with Gasteiger partial charge < -0.3 is 10.4 Å². The third-order valence-electron chi connectivity index (χ3n) is 3.58. The SMILES string of the molecule is CCCCN(CCCO)CC(=O)Nc1sc(C)c(C)c1C#N. The van der Waals surface area contributed by atoms with Crippen LogP contribution in [0.2, 0.25) is 0 Å². The van der Waals surface area contributed by atoms with Crippen LogP contribution in [0.25, 0.3) is 0 Å². The summed E-state index contributed by atoms with van der Waals surface area (Å²) >= 11 is 1.44. The van der Waals surface area contributed by atoms with Crippen LogP contribution >= 0.6 is 11.3 Å². The van der Waals surface area contributed by atoms with Crippen LogP contribution in [0.5, 0.6) is 0 Å².